The number of carboxylic acid groups (broad SMARTS) is 3. The van der Waals surface area contributed by atoms with Crippen LogP contribution in [0.3, 0.4) is 0 Å². The van der Waals surface area contributed by atoms with Crippen LogP contribution in [0.2, 0.25) is 0 Å². The van der Waals surface area contributed by atoms with E-state index in [-0.39, 0.29) is 87.6 Å². The molecule has 2 heterocycles. The summed E-state index contributed by atoms with van der Waals surface area (Å²) in [5, 5.41) is 48.8. The highest BCUT2D eigenvalue weighted by atomic mass is 16.6. The lowest BCUT2D eigenvalue weighted by Gasteiger charge is -2.37. The number of carbonyl (C=O) groups excluding carboxylic acids is 1. The third kappa shape index (κ3) is 3.84. The number of phenolic OH excluding ortho intramolecular Hbond substituents is 2. The first-order valence-corrected chi connectivity index (χ1v) is 11.5. The molecule has 0 atom stereocenters. The van der Waals surface area contributed by atoms with Gasteiger partial charge in [-0.15, -0.1) is 0 Å². The lowest BCUT2D eigenvalue weighted by Crippen LogP contribution is -2.33. The van der Waals surface area contributed by atoms with E-state index < -0.39 is 29.5 Å². The van der Waals surface area contributed by atoms with Crippen molar-refractivity contribution in [3.05, 3.63) is 81.4 Å². The molecule has 3 aromatic carbocycles. The Morgan fingerprint density at radius 1 is 0.737 bits per heavy atom. The van der Waals surface area contributed by atoms with Gasteiger partial charge in [0.1, 0.15) is 23.0 Å². The summed E-state index contributed by atoms with van der Waals surface area (Å²) in [7, 11) is 0. The molecule has 0 radical (unpaired) electrons. The molecule has 3 aromatic rings. The van der Waals surface area contributed by atoms with Crippen molar-refractivity contribution < 1.29 is 54.2 Å². The van der Waals surface area contributed by atoms with Gasteiger partial charge in [-0.2, -0.15) is 0 Å². The Labute approximate surface area is 214 Å². The fraction of sp³-hybridized carbons (Fsp3) is 0.185. The number of aromatic hydroxyl groups is 2. The molecule has 194 valence electrons. The van der Waals surface area contributed by atoms with Crippen molar-refractivity contribution in [2.75, 3.05) is 0 Å². The summed E-state index contributed by atoms with van der Waals surface area (Å²) in [6.45, 7) is 0. The molecular weight excluding hydrogens is 500 g/mol. The topological polar surface area (TPSA) is 188 Å². The molecule has 38 heavy (non-hydrogen) atoms. The number of aromatic carboxylic acids is 1. The number of hydrogen-bond donors (Lipinski definition) is 5. The van der Waals surface area contributed by atoms with Gasteiger partial charge in [-0.25, -0.2) is 9.59 Å². The van der Waals surface area contributed by atoms with E-state index in [4.69, 9.17) is 19.7 Å². The van der Waals surface area contributed by atoms with Crippen molar-refractivity contribution in [3.8, 4) is 23.0 Å². The highest BCUT2D eigenvalue weighted by molar-refractivity contribution is 6.00. The van der Waals surface area contributed by atoms with Gasteiger partial charge < -0.3 is 35.0 Å². The Kier molecular flexibility index (Phi) is 5.70. The van der Waals surface area contributed by atoms with Crippen LogP contribution in [0.4, 0.5) is 0 Å². The smallest absolute Gasteiger partial charge is 0.340 e. The summed E-state index contributed by atoms with van der Waals surface area (Å²) >= 11 is 0. The normalized spacial score (nSPS) is 14.2. The van der Waals surface area contributed by atoms with Crippen molar-refractivity contribution in [3.63, 3.8) is 0 Å². The SMILES string of the molecule is O=C(O)CCc1cc2c(cc1O)Oc1cc(O)c(CCC(=O)O)cc1C21OC(=O)c2cc(C(=O)O)ccc21. The van der Waals surface area contributed by atoms with E-state index in [0.717, 1.165) is 0 Å². The Morgan fingerprint density at radius 2 is 1.26 bits per heavy atom. The number of carbonyl (C=O) groups is 4. The number of ether oxygens (including phenoxy) is 2. The van der Waals surface area contributed by atoms with Crippen LogP contribution in [0.5, 0.6) is 23.0 Å². The summed E-state index contributed by atoms with van der Waals surface area (Å²) in [6, 6.07) is 9.35. The van der Waals surface area contributed by atoms with Gasteiger partial charge in [-0.3, -0.25) is 9.59 Å². The monoisotopic (exact) mass is 520 g/mol. The zero-order valence-corrected chi connectivity index (χ0v) is 19.6. The minimum Gasteiger partial charge on any atom is -0.508 e. The first kappa shape index (κ1) is 24.6. The first-order chi connectivity index (χ1) is 18.0. The quantitative estimate of drug-likeness (QED) is 0.287. The molecule has 0 aromatic heterocycles. The maximum absolute atomic E-state index is 13.2. The van der Waals surface area contributed by atoms with E-state index in [2.05, 4.69) is 0 Å². The molecule has 0 saturated heterocycles. The van der Waals surface area contributed by atoms with Gasteiger partial charge in [-0.05, 0) is 48.2 Å². The lowest BCUT2D eigenvalue weighted by molar-refractivity contribution is -0.138. The number of esters is 1. The Bertz CT molecular complexity index is 1480. The van der Waals surface area contributed by atoms with E-state index in [0.29, 0.717) is 0 Å². The summed E-state index contributed by atoms with van der Waals surface area (Å²) in [5.41, 5.74) is -0.647. The third-order valence-electron chi connectivity index (χ3n) is 6.67. The molecular formula is C27H20O11. The number of phenols is 2. The van der Waals surface area contributed by atoms with Crippen molar-refractivity contribution in [2.45, 2.75) is 31.3 Å². The van der Waals surface area contributed by atoms with Gasteiger partial charge >= 0.3 is 23.9 Å². The summed E-state index contributed by atoms with van der Waals surface area (Å²) < 4.78 is 11.9. The molecule has 1 spiro atoms. The van der Waals surface area contributed by atoms with E-state index >= 15 is 0 Å². The third-order valence-corrected chi connectivity index (χ3v) is 6.67. The summed E-state index contributed by atoms with van der Waals surface area (Å²) in [5.74, 6) is -4.64. The van der Waals surface area contributed by atoms with Gasteiger partial charge in [0.15, 0.2) is 5.60 Å². The van der Waals surface area contributed by atoms with Gasteiger partial charge in [-0.1, -0.05) is 6.07 Å². The molecule has 0 unspecified atom stereocenters. The van der Waals surface area contributed by atoms with Crippen LogP contribution in [0, 0.1) is 0 Å². The molecule has 5 N–H and O–H groups in total. The second kappa shape index (κ2) is 8.80. The fourth-order valence-electron chi connectivity index (χ4n) is 4.90. The molecule has 0 amide bonds. The van der Waals surface area contributed by atoms with Gasteiger partial charge in [0.2, 0.25) is 0 Å². The average Bonchev–Trinajstić information content (AvgIpc) is 3.14. The highest BCUT2D eigenvalue weighted by Gasteiger charge is 2.54. The first-order valence-electron chi connectivity index (χ1n) is 11.5. The Balaban J connectivity index is 1.79. The standard InChI is InChI=1S/C27H20O11/c28-19-10-21-17(8-12(19)2-5-23(30)31)27(16-4-1-14(25(34)35)7-15(16)26(36)38-27)18-9-13(3-6-24(32)33)20(29)11-22(18)37-21/h1,4,7-11,28-29H,2-3,5-6H2,(H,30,31)(H,32,33)(H,34,35). The van der Waals surface area contributed by atoms with Crippen LogP contribution in [0.15, 0.2) is 42.5 Å². The fourth-order valence-corrected chi connectivity index (χ4v) is 4.90. The highest BCUT2D eigenvalue weighted by Crippen LogP contribution is 2.58. The molecule has 0 fully saturated rings. The van der Waals surface area contributed by atoms with Crippen LogP contribution < -0.4 is 4.74 Å². The maximum Gasteiger partial charge on any atom is 0.340 e. The van der Waals surface area contributed by atoms with Gasteiger partial charge in [0, 0.05) is 41.7 Å². The van der Waals surface area contributed by atoms with Crippen LogP contribution in [0.25, 0.3) is 0 Å². The Hall–Kier alpha value is -5.06. The van der Waals surface area contributed by atoms with E-state index in [9.17, 15) is 34.5 Å². The lowest BCUT2D eigenvalue weighted by atomic mass is 9.76. The molecule has 2 aliphatic rings. The van der Waals surface area contributed by atoms with E-state index in [1.807, 2.05) is 0 Å². The number of carboxylic acids is 3. The number of benzene rings is 3. The van der Waals surface area contributed by atoms with Crippen LogP contribution >= 0.6 is 0 Å². The van der Waals surface area contributed by atoms with Gasteiger partial charge in [0.25, 0.3) is 0 Å². The predicted octanol–water partition coefficient (Wildman–Crippen LogP) is 3.40. The second-order valence-corrected chi connectivity index (χ2v) is 8.98. The zero-order valence-electron chi connectivity index (χ0n) is 19.6. The largest absolute Gasteiger partial charge is 0.508 e. The van der Waals surface area contributed by atoms with Crippen LogP contribution in [-0.4, -0.2) is 49.4 Å². The van der Waals surface area contributed by atoms with E-state index in [1.54, 1.807) is 0 Å². The van der Waals surface area contributed by atoms with Crippen molar-refractivity contribution >= 4 is 23.9 Å². The Morgan fingerprint density at radius 3 is 1.74 bits per heavy atom. The van der Waals surface area contributed by atoms with Crippen molar-refractivity contribution in [1.29, 1.82) is 0 Å². The predicted molar refractivity (Wildman–Crippen MR) is 127 cm³/mol. The van der Waals surface area contributed by atoms with Crippen molar-refractivity contribution in [1.82, 2.24) is 0 Å². The number of rotatable bonds is 7. The number of hydrogen-bond acceptors (Lipinski definition) is 8. The molecule has 0 bridgehead atoms. The number of aliphatic carboxylic acids is 2. The molecule has 2 aliphatic heterocycles. The average molecular weight is 520 g/mol. The molecule has 0 saturated carbocycles. The molecule has 11 nitrogen and oxygen atoms in total. The van der Waals surface area contributed by atoms with Gasteiger partial charge in [0.05, 0.1) is 11.1 Å². The minimum absolute atomic E-state index is 0.0241. The molecule has 0 aliphatic carbocycles. The number of aryl methyl sites for hydroxylation is 2. The van der Waals surface area contributed by atoms with Crippen LogP contribution in [0.1, 0.15) is 61.4 Å². The second-order valence-electron chi connectivity index (χ2n) is 8.98. The zero-order chi connectivity index (χ0) is 27.4. The van der Waals surface area contributed by atoms with Crippen molar-refractivity contribution in [2.24, 2.45) is 0 Å². The molecule has 5 rings (SSSR count). The van der Waals surface area contributed by atoms with Crippen LogP contribution in [-0.2, 0) is 32.8 Å². The summed E-state index contributed by atoms with van der Waals surface area (Å²) in [6.07, 6.45) is -0.671. The van der Waals surface area contributed by atoms with E-state index in [1.165, 1.54) is 42.5 Å². The minimum atomic E-state index is -1.72. The number of fused-ring (bicyclic) bond motifs is 6. The maximum atomic E-state index is 13.2. The summed E-state index contributed by atoms with van der Waals surface area (Å²) in [4.78, 5) is 47.1. The molecule has 11 heteroatoms.